The number of nitrogens with one attached hydrogen (secondary N) is 1. The molecule has 2 atom stereocenters. The third kappa shape index (κ3) is 4.69. The second-order valence-corrected chi connectivity index (χ2v) is 6.39. The first-order valence-electron chi connectivity index (χ1n) is 7.86. The molecule has 0 spiro atoms. The van der Waals surface area contributed by atoms with Crippen LogP contribution < -0.4 is 5.32 Å². The molecule has 1 saturated heterocycles. The monoisotopic (exact) mass is 320 g/mol. The SMILES string of the molecule is Cc1cccc(NC(=O)[C@@H]2C[C@@H](O)CN2C(=O)OCC(C)C)c1. The molecule has 6 nitrogen and oxygen atoms in total. The van der Waals surface area contributed by atoms with Crippen LogP contribution in [0.2, 0.25) is 0 Å². The lowest BCUT2D eigenvalue weighted by Crippen LogP contribution is -2.43. The predicted octanol–water partition coefficient (Wildman–Crippen LogP) is 2.16. The van der Waals surface area contributed by atoms with Gasteiger partial charge in [0.2, 0.25) is 5.91 Å². The Bertz CT molecular complexity index is 573. The summed E-state index contributed by atoms with van der Waals surface area (Å²) >= 11 is 0. The lowest BCUT2D eigenvalue weighted by molar-refractivity contribution is -0.120. The van der Waals surface area contributed by atoms with E-state index < -0.39 is 18.2 Å². The van der Waals surface area contributed by atoms with Gasteiger partial charge in [0.25, 0.3) is 0 Å². The van der Waals surface area contributed by atoms with E-state index >= 15 is 0 Å². The number of amides is 2. The fourth-order valence-corrected chi connectivity index (χ4v) is 2.53. The zero-order chi connectivity index (χ0) is 17.0. The summed E-state index contributed by atoms with van der Waals surface area (Å²) in [6, 6.07) is 6.71. The number of carbonyl (C=O) groups excluding carboxylic acids is 2. The van der Waals surface area contributed by atoms with Gasteiger partial charge in [0.1, 0.15) is 6.04 Å². The molecular formula is C17H24N2O4. The van der Waals surface area contributed by atoms with Gasteiger partial charge in [-0.3, -0.25) is 9.69 Å². The molecular weight excluding hydrogens is 296 g/mol. The average Bonchev–Trinajstić information content (AvgIpc) is 2.87. The quantitative estimate of drug-likeness (QED) is 0.891. The number of aliphatic hydroxyl groups excluding tert-OH is 1. The second-order valence-electron chi connectivity index (χ2n) is 6.39. The van der Waals surface area contributed by atoms with Crippen LogP contribution in [0, 0.1) is 12.8 Å². The topological polar surface area (TPSA) is 78.9 Å². The average molecular weight is 320 g/mol. The summed E-state index contributed by atoms with van der Waals surface area (Å²) in [5.41, 5.74) is 1.70. The maximum Gasteiger partial charge on any atom is 0.410 e. The maximum atomic E-state index is 12.5. The number of hydrogen-bond acceptors (Lipinski definition) is 4. The zero-order valence-corrected chi connectivity index (χ0v) is 13.8. The van der Waals surface area contributed by atoms with E-state index in [-0.39, 0.29) is 31.4 Å². The van der Waals surface area contributed by atoms with Crippen LogP contribution in [0.15, 0.2) is 24.3 Å². The van der Waals surface area contributed by atoms with E-state index in [1.165, 1.54) is 4.90 Å². The zero-order valence-electron chi connectivity index (χ0n) is 13.8. The molecule has 0 aromatic heterocycles. The first kappa shape index (κ1) is 17.3. The van der Waals surface area contributed by atoms with Crippen LogP contribution in [0.5, 0.6) is 0 Å². The molecule has 126 valence electrons. The number of ether oxygens (including phenoxy) is 1. The number of anilines is 1. The molecule has 1 aliphatic heterocycles. The molecule has 2 amide bonds. The summed E-state index contributed by atoms with van der Waals surface area (Å²) in [6.07, 6.45) is -1.05. The minimum atomic E-state index is -0.717. The summed E-state index contributed by atoms with van der Waals surface area (Å²) in [7, 11) is 0. The van der Waals surface area contributed by atoms with Crippen LogP contribution in [0.1, 0.15) is 25.8 Å². The van der Waals surface area contributed by atoms with Gasteiger partial charge >= 0.3 is 6.09 Å². The lowest BCUT2D eigenvalue weighted by atomic mass is 10.1. The van der Waals surface area contributed by atoms with E-state index in [4.69, 9.17) is 4.74 Å². The van der Waals surface area contributed by atoms with Gasteiger partial charge in [-0.25, -0.2) is 4.79 Å². The van der Waals surface area contributed by atoms with E-state index in [9.17, 15) is 14.7 Å². The Morgan fingerprint density at radius 3 is 2.83 bits per heavy atom. The van der Waals surface area contributed by atoms with Gasteiger partial charge in [0.05, 0.1) is 19.3 Å². The standard InChI is InChI=1S/C17H24N2O4/c1-11(2)10-23-17(22)19-9-14(20)8-15(19)16(21)18-13-6-4-5-12(3)7-13/h4-7,11,14-15,20H,8-10H2,1-3H3,(H,18,21)/t14-,15+/m1/s1. The highest BCUT2D eigenvalue weighted by Crippen LogP contribution is 2.21. The maximum absolute atomic E-state index is 12.5. The predicted molar refractivity (Wildman–Crippen MR) is 87.1 cm³/mol. The number of likely N-dealkylation sites (tertiary alicyclic amines) is 1. The smallest absolute Gasteiger partial charge is 0.410 e. The third-order valence-electron chi connectivity index (χ3n) is 3.64. The molecule has 2 rings (SSSR count). The highest BCUT2D eigenvalue weighted by Gasteiger charge is 2.39. The summed E-state index contributed by atoms with van der Waals surface area (Å²) < 4.78 is 5.18. The Morgan fingerprint density at radius 1 is 1.43 bits per heavy atom. The molecule has 1 heterocycles. The van der Waals surface area contributed by atoms with Crippen LogP contribution in [-0.4, -0.2) is 47.3 Å². The molecule has 0 radical (unpaired) electrons. The Kier molecular flexibility index (Phi) is 5.60. The van der Waals surface area contributed by atoms with Gasteiger partial charge in [0.15, 0.2) is 0 Å². The van der Waals surface area contributed by atoms with Crippen LogP contribution in [0.3, 0.4) is 0 Å². The number of aliphatic hydroxyl groups is 1. The van der Waals surface area contributed by atoms with Crippen molar-refractivity contribution in [2.24, 2.45) is 5.92 Å². The van der Waals surface area contributed by atoms with Crippen molar-refractivity contribution >= 4 is 17.7 Å². The van der Waals surface area contributed by atoms with Crippen molar-refractivity contribution in [3.63, 3.8) is 0 Å². The molecule has 0 unspecified atom stereocenters. The number of aryl methyl sites for hydroxylation is 1. The van der Waals surface area contributed by atoms with Crippen molar-refractivity contribution < 1.29 is 19.4 Å². The van der Waals surface area contributed by atoms with Crippen molar-refractivity contribution in [3.8, 4) is 0 Å². The summed E-state index contributed by atoms with van der Waals surface area (Å²) in [5.74, 6) is -0.0975. The Balaban J connectivity index is 2.03. The van der Waals surface area contributed by atoms with E-state index in [1.807, 2.05) is 39.0 Å². The van der Waals surface area contributed by atoms with Crippen molar-refractivity contribution in [1.82, 2.24) is 4.90 Å². The highest BCUT2D eigenvalue weighted by molar-refractivity contribution is 5.97. The van der Waals surface area contributed by atoms with Crippen molar-refractivity contribution in [3.05, 3.63) is 29.8 Å². The molecule has 0 bridgehead atoms. The number of hydrogen-bond donors (Lipinski definition) is 2. The first-order chi connectivity index (χ1) is 10.9. The van der Waals surface area contributed by atoms with Crippen LogP contribution >= 0.6 is 0 Å². The van der Waals surface area contributed by atoms with Crippen LogP contribution in [0.25, 0.3) is 0 Å². The highest BCUT2D eigenvalue weighted by atomic mass is 16.6. The van der Waals surface area contributed by atoms with Gasteiger partial charge in [-0.2, -0.15) is 0 Å². The second kappa shape index (κ2) is 7.46. The third-order valence-corrected chi connectivity index (χ3v) is 3.64. The van der Waals surface area contributed by atoms with Crippen molar-refractivity contribution in [2.75, 3.05) is 18.5 Å². The molecule has 0 aliphatic carbocycles. The molecule has 1 aliphatic rings. The van der Waals surface area contributed by atoms with Gasteiger partial charge in [-0.1, -0.05) is 26.0 Å². The number of nitrogens with zero attached hydrogens (tertiary/aromatic N) is 1. The molecule has 1 fully saturated rings. The van der Waals surface area contributed by atoms with E-state index in [2.05, 4.69) is 5.32 Å². The Labute approximate surface area is 136 Å². The number of rotatable bonds is 4. The van der Waals surface area contributed by atoms with Crippen molar-refractivity contribution in [2.45, 2.75) is 39.3 Å². The minimum Gasteiger partial charge on any atom is -0.449 e. The molecule has 1 aromatic rings. The molecule has 23 heavy (non-hydrogen) atoms. The molecule has 6 heteroatoms. The fraction of sp³-hybridized carbons (Fsp3) is 0.529. The van der Waals surface area contributed by atoms with Crippen LogP contribution in [-0.2, 0) is 9.53 Å². The Hall–Kier alpha value is -2.08. The summed E-state index contributed by atoms with van der Waals surface area (Å²) in [4.78, 5) is 25.9. The largest absolute Gasteiger partial charge is 0.449 e. The molecule has 2 N–H and O–H groups in total. The van der Waals surface area contributed by atoms with E-state index in [0.29, 0.717) is 5.69 Å². The first-order valence-corrected chi connectivity index (χ1v) is 7.86. The Morgan fingerprint density at radius 2 is 2.17 bits per heavy atom. The van der Waals surface area contributed by atoms with E-state index in [1.54, 1.807) is 6.07 Å². The van der Waals surface area contributed by atoms with E-state index in [0.717, 1.165) is 5.56 Å². The van der Waals surface area contributed by atoms with Gasteiger partial charge in [-0.05, 0) is 30.5 Å². The van der Waals surface area contributed by atoms with Crippen LogP contribution in [0.4, 0.5) is 10.5 Å². The summed E-state index contributed by atoms with van der Waals surface area (Å²) in [6.45, 7) is 6.22. The number of carbonyl (C=O) groups is 2. The number of benzene rings is 1. The number of β-amino-alcohol motifs (C(OH)–C–C–N with tert-alkyl or cyclic N) is 1. The van der Waals surface area contributed by atoms with Gasteiger partial charge in [-0.15, -0.1) is 0 Å². The van der Waals surface area contributed by atoms with Gasteiger partial charge < -0.3 is 15.2 Å². The lowest BCUT2D eigenvalue weighted by Gasteiger charge is -2.23. The van der Waals surface area contributed by atoms with Gasteiger partial charge in [0, 0.05) is 12.1 Å². The summed E-state index contributed by atoms with van der Waals surface area (Å²) in [5, 5.41) is 12.6. The van der Waals surface area contributed by atoms with Crippen molar-refractivity contribution in [1.29, 1.82) is 0 Å². The minimum absolute atomic E-state index is 0.114. The molecule has 0 saturated carbocycles. The normalized spacial score (nSPS) is 20.7. The molecule has 1 aromatic carbocycles. The fourth-order valence-electron chi connectivity index (χ4n) is 2.53.